The van der Waals surface area contributed by atoms with Crippen LogP contribution in [0.25, 0.3) is 22.3 Å². The molecule has 0 aliphatic carbocycles. The maximum absolute atomic E-state index is 15.3. The van der Waals surface area contributed by atoms with Gasteiger partial charge in [-0.25, -0.2) is 4.39 Å². The molecule has 1 heterocycles. The third kappa shape index (κ3) is 3.29. The minimum Gasteiger partial charge on any atom is -0.481 e. The number of anilines is 1. The third-order valence-electron chi connectivity index (χ3n) is 6.48. The number of benzene rings is 3. The van der Waals surface area contributed by atoms with Crippen molar-refractivity contribution in [2.75, 3.05) is 4.90 Å². The molecule has 32 heavy (non-hydrogen) atoms. The Morgan fingerprint density at radius 2 is 1.62 bits per heavy atom. The van der Waals surface area contributed by atoms with Crippen molar-refractivity contribution in [3.8, 4) is 22.3 Å². The lowest BCUT2D eigenvalue weighted by atomic mass is 9.78. The molecule has 1 atom stereocenters. The smallest absolute Gasteiger partial charge is 0.307 e. The van der Waals surface area contributed by atoms with Crippen molar-refractivity contribution in [1.29, 1.82) is 0 Å². The molecule has 3 aromatic rings. The van der Waals surface area contributed by atoms with E-state index in [4.69, 9.17) is 0 Å². The van der Waals surface area contributed by atoms with Crippen molar-refractivity contribution in [3.63, 3.8) is 0 Å². The van der Waals surface area contributed by atoms with Crippen LogP contribution in [0.5, 0.6) is 0 Å². The van der Waals surface area contributed by atoms with E-state index in [9.17, 15) is 14.7 Å². The number of halogens is 1. The number of hydrogen-bond donors (Lipinski definition) is 1. The fraction of sp³-hybridized carbons (Fsp3) is 0.259. The lowest BCUT2D eigenvalue weighted by molar-refractivity contribution is -0.136. The van der Waals surface area contributed by atoms with Crippen LogP contribution in [-0.4, -0.2) is 17.0 Å². The maximum atomic E-state index is 15.3. The zero-order chi connectivity index (χ0) is 23.3. The molecular weight excluding hydrogens is 405 g/mol. The minimum absolute atomic E-state index is 0.166. The summed E-state index contributed by atoms with van der Waals surface area (Å²) in [4.78, 5) is 26.3. The number of nitrogens with zero attached hydrogens (tertiary/aromatic N) is 1. The number of carboxylic acids is 1. The highest BCUT2D eigenvalue weighted by Gasteiger charge is 2.37. The second-order valence-electron chi connectivity index (χ2n) is 8.53. The summed E-state index contributed by atoms with van der Waals surface area (Å²) >= 11 is 0. The van der Waals surface area contributed by atoms with E-state index in [1.807, 2.05) is 58.0 Å². The van der Waals surface area contributed by atoms with Crippen LogP contribution in [0.3, 0.4) is 0 Å². The second kappa shape index (κ2) is 7.90. The van der Waals surface area contributed by atoms with Crippen molar-refractivity contribution in [3.05, 3.63) is 76.1 Å². The second-order valence-corrected chi connectivity index (χ2v) is 8.53. The molecule has 1 amide bonds. The molecule has 0 spiro atoms. The van der Waals surface area contributed by atoms with Crippen LogP contribution in [0.15, 0.2) is 42.5 Å². The quantitative estimate of drug-likeness (QED) is 0.542. The van der Waals surface area contributed by atoms with Gasteiger partial charge in [-0.2, -0.15) is 0 Å². The van der Waals surface area contributed by atoms with Gasteiger partial charge >= 0.3 is 5.97 Å². The minimum atomic E-state index is -0.953. The number of fused-ring (bicyclic) bond motifs is 3. The molecule has 1 aliphatic heterocycles. The van der Waals surface area contributed by atoms with Gasteiger partial charge in [-0.3, -0.25) is 9.59 Å². The van der Waals surface area contributed by atoms with E-state index in [-0.39, 0.29) is 24.2 Å². The molecule has 3 aromatic carbocycles. The summed E-state index contributed by atoms with van der Waals surface area (Å²) < 4.78 is 15.3. The van der Waals surface area contributed by atoms with Gasteiger partial charge in [-0.15, -0.1) is 0 Å². The number of hydrogen-bond acceptors (Lipinski definition) is 2. The summed E-state index contributed by atoms with van der Waals surface area (Å²) in [5.74, 6) is -1.46. The Balaban J connectivity index is 2.19. The van der Waals surface area contributed by atoms with E-state index >= 15 is 4.39 Å². The van der Waals surface area contributed by atoms with Crippen LogP contribution in [0, 0.1) is 26.6 Å². The van der Waals surface area contributed by atoms with Gasteiger partial charge in [-0.05, 0) is 67.1 Å². The number of aryl methyl sites for hydroxylation is 1. The van der Waals surface area contributed by atoms with Crippen molar-refractivity contribution in [2.24, 2.45) is 0 Å². The number of rotatable bonds is 3. The molecule has 164 valence electrons. The van der Waals surface area contributed by atoms with Crippen molar-refractivity contribution < 1.29 is 19.1 Å². The normalized spacial score (nSPS) is 14.7. The standard InChI is InChI=1S/C27H26FNO3/c1-14-9-11-19(12-10-14)24-16(3)25-26-20(7-6-8-22(26)28)17(4)29(18(5)30)27(25)15(2)21(24)13-23(31)32/h6-12,17H,13H2,1-5H3,(H,31,32)/t17-/m0/s1. The van der Waals surface area contributed by atoms with Crippen molar-refractivity contribution in [1.82, 2.24) is 0 Å². The molecule has 0 bridgehead atoms. The zero-order valence-corrected chi connectivity index (χ0v) is 18.9. The maximum Gasteiger partial charge on any atom is 0.307 e. The van der Waals surface area contributed by atoms with Gasteiger partial charge in [-0.1, -0.05) is 42.0 Å². The first-order chi connectivity index (χ1) is 15.1. The number of carboxylic acid groups (broad SMARTS) is 1. The third-order valence-corrected chi connectivity index (χ3v) is 6.48. The molecule has 0 fully saturated rings. The highest BCUT2D eigenvalue weighted by molar-refractivity contribution is 6.05. The highest BCUT2D eigenvalue weighted by Crippen LogP contribution is 2.52. The van der Waals surface area contributed by atoms with Gasteiger partial charge in [0, 0.05) is 18.1 Å². The molecule has 4 nitrogen and oxygen atoms in total. The Hall–Kier alpha value is -3.47. The Bertz CT molecular complexity index is 1260. The fourth-order valence-corrected chi connectivity index (χ4v) is 5.05. The Morgan fingerprint density at radius 1 is 0.969 bits per heavy atom. The average molecular weight is 432 g/mol. The highest BCUT2D eigenvalue weighted by atomic mass is 19.1. The number of carbonyl (C=O) groups excluding carboxylic acids is 1. The summed E-state index contributed by atoms with van der Waals surface area (Å²) in [6.45, 7) is 9.09. The van der Waals surface area contributed by atoms with Crippen LogP contribution in [0.1, 0.15) is 47.7 Å². The topological polar surface area (TPSA) is 57.6 Å². The van der Waals surface area contributed by atoms with Crippen LogP contribution in [0.2, 0.25) is 0 Å². The van der Waals surface area contributed by atoms with E-state index in [0.29, 0.717) is 27.9 Å². The van der Waals surface area contributed by atoms with E-state index in [2.05, 4.69) is 0 Å². The predicted octanol–water partition coefficient (Wildman–Crippen LogP) is 6.14. The van der Waals surface area contributed by atoms with Crippen molar-refractivity contribution in [2.45, 2.75) is 47.1 Å². The van der Waals surface area contributed by atoms with E-state index < -0.39 is 5.97 Å². The monoisotopic (exact) mass is 431 g/mol. The summed E-state index contributed by atoms with van der Waals surface area (Å²) in [7, 11) is 0. The average Bonchev–Trinajstić information content (AvgIpc) is 2.72. The molecule has 1 aliphatic rings. The van der Waals surface area contributed by atoms with E-state index in [1.165, 1.54) is 13.0 Å². The molecule has 0 aromatic heterocycles. The van der Waals surface area contributed by atoms with Gasteiger partial charge in [0.15, 0.2) is 0 Å². The van der Waals surface area contributed by atoms with Gasteiger partial charge < -0.3 is 10.0 Å². The first-order valence-electron chi connectivity index (χ1n) is 10.7. The predicted molar refractivity (Wildman–Crippen MR) is 124 cm³/mol. The van der Waals surface area contributed by atoms with Crippen molar-refractivity contribution >= 4 is 17.6 Å². The fourth-order valence-electron chi connectivity index (χ4n) is 5.05. The lowest BCUT2D eigenvalue weighted by Gasteiger charge is -2.40. The lowest BCUT2D eigenvalue weighted by Crippen LogP contribution is -2.36. The summed E-state index contributed by atoms with van der Waals surface area (Å²) in [5, 5.41) is 9.69. The van der Waals surface area contributed by atoms with Gasteiger partial charge in [0.25, 0.3) is 0 Å². The van der Waals surface area contributed by atoms with Crippen LogP contribution in [-0.2, 0) is 16.0 Å². The van der Waals surface area contributed by atoms with Crippen LogP contribution < -0.4 is 4.90 Å². The number of amides is 1. The molecule has 0 saturated heterocycles. The molecule has 0 radical (unpaired) electrons. The SMILES string of the molecule is CC(=O)N1c2c(C)c(CC(=O)O)c(-c3ccc(C)cc3)c(C)c2-c2c(F)cccc2[C@@H]1C. The Kier molecular flexibility index (Phi) is 5.37. The van der Waals surface area contributed by atoms with Gasteiger partial charge in [0.05, 0.1) is 18.2 Å². The Morgan fingerprint density at radius 3 is 2.22 bits per heavy atom. The summed E-state index contributed by atoms with van der Waals surface area (Å²) in [6.07, 6.45) is -0.187. The molecular formula is C27H26FNO3. The van der Waals surface area contributed by atoms with Crippen LogP contribution in [0.4, 0.5) is 10.1 Å². The molecule has 1 N–H and O–H groups in total. The van der Waals surface area contributed by atoms with Crippen LogP contribution >= 0.6 is 0 Å². The zero-order valence-electron chi connectivity index (χ0n) is 18.9. The first-order valence-corrected chi connectivity index (χ1v) is 10.7. The molecule has 0 unspecified atom stereocenters. The Labute approximate surface area is 187 Å². The molecule has 0 saturated carbocycles. The number of aliphatic carboxylic acids is 1. The summed E-state index contributed by atoms with van der Waals surface area (Å²) in [6, 6.07) is 12.5. The first kappa shape index (κ1) is 21.8. The van der Waals surface area contributed by atoms with E-state index in [0.717, 1.165) is 27.8 Å². The van der Waals surface area contributed by atoms with E-state index in [1.54, 1.807) is 11.0 Å². The molecule has 4 rings (SSSR count). The van der Waals surface area contributed by atoms with Gasteiger partial charge in [0.2, 0.25) is 5.91 Å². The summed E-state index contributed by atoms with van der Waals surface area (Å²) in [5.41, 5.74) is 7.37. The number of carbonyl (C=O) groups is 2. The largest absolute Gasteiger partial charge is 0.481 e. The van der Waals surface area contributed by atoms with Gasteiger partial charge in [0.1, 0.15) is 5.82 Å². The molecule has 5 heteroatoms.